The van der Waals surface area contributed by atoms with E-state index in [1.54, 1.807) is 18.2 Å². The molecule has 2 aromatic carbocycles. The highest BCUT2D eigenvalue weighted by Crippen LogP contribution is 2.32. The highest BCUT2D eigenvalue weighted by Gasteiger charge is 2.41. The molecule has 0 aliphatic rings. The smallest absolute Gasteiger partial charge is 0.458 e. The number of hydrogen-bond donors (Lipinski definition) is 0. The topological polar surface area (TPSA) is 26.3 Å². The van der Waals surface area contributed by atoms with E-state index in [4.69, 9.17) is 23.2 Å². The van der Waals surface area contributed by atoms with Crippen LogP contribution in [0.3, 0.4) is 0 Å². The van der Waals surface area contributed by atoms with Crippen LogP contribution in [-0.4, -0.2) is 18.8 Å². The molecule has 0 aliphatic heterocycles. The van der Waals surface area contributed by atoms with Gasteiger partial charge in [0.15, 0.2) is 0 Å². The molecule has 0 saturated heterocycles. The molecule has 0 aromatic heterocycles. The molecule has 27 heavy (non-hydrogen) atoms. The van der Waals surface area contributed by atoms with Gasteiger partial charge in [0.25, 0.3) is 0 Å². The maximum absolute atomic E-state index is 12.5. The maximum Gasteiger partial charge on any atom is 0.490 e. The summed E-state index contributed by atoms with van der Waals surface area (Å²) in [5.41, 5.74) is 2.31. The summed E-state index contributed by atoms with van der Waals surface area (Å²) in [7, 11) is 0. The highest BCUT2D eigenvalue weighted by atomic mass is 35.5. The van der Waals surface area contributed by atoms with E-state index >= 15 is 0 Å². The fourth-order valence-corrected chi connectivity index (χ4v) is 2.88. The summed E-state index contributed by atoms with van der Waals surface area (Å²) >= 11 is 12.0. The largest absolute Gasteiger partial charge is 0.490 e. The van der Waals surface area contributed by atoms with Crippen LogP contribution in [0.1, 0.15) is 43.4 Å². The van der Waals surface area contributed by atoms with Gasteiger partial charge in [0.2, 0.25) is 0 Å². The van der Waals surface area contributed by atoms with Crippen molar-refractivity contribution in [2.45, 2.75) is 38.3 Å². The van der Waals surface area contributed by atoms with Crippen molar-refractivity contribution in [3.05, 3.63) is 69.2 Å². The fourth-order valence-electron chi connectivity index (χ4n) is 2.57. The summed E-state index contributed by atoms with van der Waals surface area (Å²) < 4.78 is 42.0. The SMILES string of the molecule is CC(C)(C)c1ccc(C(COC(=O)C(F)(F)F)c2ccc(Cl)c(Cl)c2)cc1. The van der Waals surface area contributed by atoms with Gasteiger partial charge in [-0.2, -0.15) is 13.2 Å². The molecule has 0 heterocycles. The van der Waals surface area contributed by atoms with E-state index in [-0.39, 0.29) is 10.4 Å². The second-order valence-electron chi connectivity index (χ2n) is 7.19. The number of ether oxygens (including phenoxy) is 1. The van der Waals surface area contributed by atoms with E-state index in [1.165, 1.54) is 0 Å². The summed E-state index contributed by atoms with van der Waals surface area (Å²) in [6.07, 6.45) is -5.04. The predicted octanol–water partition coefficient (Wildman–Crippen LogP) is 6.53. The van der Waals surface area contributed by atoms with Crippen molar-refractivity contribution in [1.82, 2.24) is 0 Å². The standard InChI is InChI=1S/C20H19Cl2F3O2/c1-19(2,3)14-7-4-12(5-8-14)15(11-27-18(26)20(23,24)25)13-6-9-16(21)17(22)10-13/h4-10,15H,11H2,1-3H3. The Kier molecular flexibility index (Phi) is 6.48. The van der Waals surface area contributed by atoms with E-state index in [1.807, 2.05) is 24.3 Å². The van der Waals surface area contributed by atoms with Gasteiger partial charge in [-0.05, 0) is 34.2 Å². The normalized spacial score (nSPS) is 13.3. The van der Waals surface area contributed by atoms with Gasteiger partial charge in [-0.15, -0.1) is 0 Å². The quantitative estimate of drug-likeness (QED) is 0.527. The molecule has 1 atom stereocenters. The van der Waals surface area contributed by atoms with Crippen molar-refractivity contribution in [2.75, 3.05) is 6.61 Å². The van der Waals surface area contributed by atoms with Gasteiger partial charge in [-0.3, -0.25) is 0 Å². The summed E-state index contributed by atoms with van der Waals surface area (Å²) in [5, 5.41) is 0.599. The lowest BCUT2D eigenvalue weighted by atomic mass is 9.84. The predicted molar refractivity (Wildman–Crippen MR) is 100 cm³/mol. The van der Waals surface area contributed by atoms with Gasteiger partial charge < -0.3 is 4.74 Å². The van der Waals surface area contributed by atoms with Crippen LogP contribution >= 0.6 is 23.2 Å². The van der Waals surface area contributed by atoms with Crippen LogP contribution in [0.4, 0.5) is 13.2 Å². The Hall–Kier alpha value is -1.72. The maximum atomic E-state index is 12.5. The molecule has 0 spiro atoms. The molecule has 2 rings (SSSR count). The Bertz CT molecular complexity index is 809. The van der Waals surface area contributed by atoms with Crippen molar-refractivity contribution in [3.8, 4) is 0 Å². The average Bonchev–Trinajstić information content (AvgIpc) is 2.56. The first-order valence-corrected chi connectivity index (χ1v) is 8.94. The van der Waals surface area contributed by atoms with Crippen LogP contribution in [0.5, 0.6) is 0 Å². The highest BCUT2D eigenvalue weighted by molar-refractivity contribution is 6.42. The third kappa shape index (κ3) is 5.63. The number of benzene rings is 2. The zero-order valence-corrected chi connectivity index (χ0v) is 16.5. The molecular weight excluding hydrogens is 400 g/mol. The van der Waals surface area contributed by atoms with Crippen LogP contribution in [0.2, 0.25) is 10.0 Å². The monoisotopic (exact) mass is 418 g/mol. The number of esters is 1. The first-order chi connectivity index (χ1) is 12.4. The second-order valence-corrected chi connectivity index (χ2v) is 8.01. The Labute approximate surface area is 166 Å². The number of alkyl halides is 3. The van der Waals surface area contributed by atoms with Gasteiger partial charge in [-0.1, -0.05) is 74.3 Å². The van der Waals surface area contributed by atoms with Gasteiger partial charge in [0, 0.05) is 5.92 Å². The van der Waals surface area contributed by atoms with E-state index in [9.17, 15) is 18.0 Å². The van der Waals surface area contributed by atoms with Gasteiger partial charge >= 0.3 is 12.1 Å². The lowest BCUT2D eigenvalue weighted by molar-refractivity contribution is -0.199. The fraction of sp³-hybridized carbons (Fsp3) is 0.350. The lowest BCUT2D eigenvalue weighted by Gasteiger charge is -2.22. The van der Waals surface area contributed by atoms with Gasteiger partial charge in [-0.25, -0.2) is 4.79 Å². The molecule has 146 valence electrons. The minimum absolute atomic E-state index is 0.0691. The molecule has 0 saturated carbocycles. The second kappa shape index (κ2) is 8.11. The molecule has 7 heteroatoms. The Morgan fingerprint density at radius 2 is 1.52 bits per heavy atom. The molecule has 0 aliphatic carbocycles. The number of carbonyl (C=O) groups excluding carboxylic acids is 1. The molecule has 0 radical (unpaired) electrons. The molecule has 0 N–H and O–H groups in total. The van der Waals surface area contributed by atoms with Crippen LogP contribution < -0.4 is 0 Å². The van der Waals surface area contributed by atoms with Gasteiger partial charge in [0.1, 0.15) is 6.61 Å². The molecule has 2 aromatic rings. The summed E-state index contributed by atoms with van der Waals surface area (Å²) in [5.74, 6) is -2.83. The zero-order chi connectivity index (χ0) is 20.4. The van der Waals surface area contributed by atoms with Crippen molar-refractivity contribution in [3.63, 3.8) is 0 Å². The summed E-state index contributed by atoms with van der Waals surface area (Å²) in [6.45, 7) is 5.71. The Morgan fingerprint density at radius 1 is 0.963 bits per heavy atom. The van der Waals surface area contributed by atoms with Crippen molar-refractivity contribution >= 4 is 29.2 Å². The van der Waals surface area contributed by atoms with Crippen molar-refractivity contribution < 1.29 is 22.7 Å². The molecule has 2 nitrogen and oxygen atoms in total. The van der Waals surface area contributed by atoms with Crippen LogP contribution in [0, 0.1) is 0 Å². The number of carbonyl (C=O) groups is 1. The van der Waals surface area contributed by atoms with E-state index in [0.29, 0.717) is 16.1 Å². The number of hydrogen-bond acceptors (Lipinski definition) is 2. The van der Waals surface area contributed by atoms with Crippen molar-refractivity contribution in [1.29, 1.82) is 0 Å². The molecular formula is C20H19Cl2F3O2. The van der Waals surface area contributed by atoms with E-state index in [2.05, 4.69) is 25.5 Å². The van der Waals surface area contributed by atoms with E-state index < -0.39 is 24.7 Å². The third-order valence-corrected chi connectivity index (χ3v) is 4.88. The van der Waals surface area contributed by atoms with Crippen LogP contribution in [0.15, 0.2) is 42.5 Å². The number of halogens is 5. The Morgan fingerprint density at radius 3 is 2.00 bits per heavy atom. The molecule has 0 fully saturated rings. The molecule has 0 bridgehead atoms. The van der Waals surface area contributed by atoms with Gasteiger partial charge in [0.05, 0.1) is 10.0 Å². The minimum atomic E-state index is -5.04. The first kappa shape index (κ1) is 21.6. The Balaban J connectivity index is 2.37. The third-order valence-electron chi connectivity index (χ3n) is 4.14. The number of rotatable bonds is 4. The summed E-state index contributed by atoms with van der Waals surface area (Å²) in [6, 6.07) is 12.2. The first-order valence-electron chi connectivity index (χ1n) is 8.19. The zero-order valence-electron chi connectivity index (χ0n) is 15.0. The molecule has 1 unspecified atom stereocenters. The minimum Gasteiger partial charge on any atom is -0.458 e. The van der Waals surface area contributed by atoms with Crippen LogP contribution in [-0.2, 0) is 14.9 Å². The molecule has 0 amide bonds. The van der Waals surface area contributed by atoms with Crippen molar-refractivity contribution in [2.24, 2.45) is 0 Å². The lowest BCUT2D eigenvalue weighted by Crippen LogP contribution is -2.27. The van der Waals surface area contributed by atoms with Crippen LogP contribution in [0.25, 0.3) is 0 Å². The van der Waals surface area contributed by atoms with E-state index in [0.717, 1.165) is 5.56 Å². The summed E-state index contributed by atoms with van der Waals surface area (Å²) in [4.78, 5) is 11.1. The average molecular weight is 419 g/mol.